The van der Waals surface area contributed by atoms with Crippen LogP contribution in [0.2, 0.25) is 0 Å². The Morgan fingerprint density at radius 2 is 2.05 bits per heavy atom. The number of nitrogens with zero attached hydrogens (tertiary/aromatic N) is 3. The topological polar surface area (TPSA) is 70.2 Å². The van der Waals surface area contributed by atoms with Crippen LogP contribution in [0.5, 0.6) is 0 Å². The number of anilines is 1. The van der Waals surface area contributed by atoms with Crippen LogP contribution in [0.4, 0.5) is 5.82 Å². The summed E-state index contributed by atoms with van der Waals surface area (Å²) in [6.07, 6.45) is 3.72. The van der Waals surface area contributed by atoms with Crippen LogP contribution in [0.25, 0.3) is 0 Å². The molecule has 2 aliphatic rings. The number of rotatable bonds is 3. The van der Waals surface area contributed by atoms with E-state index in [1.54, 1.807) is 0 Å². The van der Waals surface area contributed by atoms with Crippen LogP contribution in [-0.2, 0) is 11.2 Å². The highest BCUT2D eigenvalue weighted by Gasteiger charge is 2.42. The van der Waals surface area contributed by atoms with Crippen molar-refractivity contribution in [3.63, 3.8) is 0 Å². The van der Waals surface area contributed by atoms with Crippen molar-refractivity contribution in [3.8, 4) is 0 Å². The molecule has 120 valence electrons. The van der Waals surface area contributed by atoms with Gasteiger partial charge in [-0.1, -0.05) is 13.3 Å². The van der Waals surface area contributed by atoms with Crippen molar-refractivity contribution in [1.29, 1.82) is 0 Å². The minimum Gasteiger partial charge on any atom is -0.356 e. The number of hydrogen-bond acceptors (Lipinski definition) is 5. The van der Waals surface area contributed by atoms with Crippen LogP contribution < -0.4 is 15.5 Å². The zero-order chi connectivity index (χ0) is 15.6. The van der Waals surface area contributed by atoms with E-state index in [4.69, 9.17) is 0 Å². The molecule has 0 aromatic carbocycles. The number of piperazine rings is 1. The molecular formula is C16H25N5O. The van der Waals surface area contributed by atoms with Crippen LogP contribution in [0, 0.1) is 6.92 Å². The summed E-state index contributed by atoms with van der Waals surface area (Å²) in [7, 11) is 0. The lowest BCUT2D eigenvalue weighted by atomic mass is 9.85. The van der Waals surface area contributed by atoms with Gasteiger partial charge < -0.3 is 15.5 Å². The predicted molar refractivity (Wildman–Crippen MR) is 86.0 cm³/mol. The van der Waals surface area contributed by atoms with E-state index in [0.717, 1.165) is 69.2 Å². The highest BCUT2D eigenvalue weighted by Crippen LogP contribution is 2.27. The van der Waals surface area contributed by atoms with Gasteiger partial charge in [-0.2, -0.15) is 0 Å². The van der Waals surface area contributed by atoms with Gasteiger partial charge in [0.05, 0.1) is 0 Å². The Hall–Kier alpha value is -1.69. The van der Waals surface area contributed by atoms with Crippen molar-refractivity contribution >= 4 is 11.7 Å². The summed E-state index contributed by atoms with van der Waals surface area (Å²) in [4.78, 5) is 23.6. The van der Waals surface area contributed by atoms with E-state index in [-0.39, 0.29) is 11.4 Å². The second-order valence-electron chi connectivity index (χ2n) is 6.27. The molecule has 0 radical (unpaired) electrons. The zero-order valence-corrected chi connectivity index (χ0v) is 13.5. The molecule has 0 saturated carbocycles. The van der Waals surface area contributed by atoms with Crippen molar-refractivity contribution in [1.82, 2.24) is 20.6 Å². The summed E-state index contributed by atoms with van der Waals surface area (Å²) in [5, 5.41) is 6.41. The molecule has 22 heavy (non-hydrogen) atoms. The predicted octanol–water partition coefficient (Wildman–Crippen LogP) is 0.796. The first-order chi connectivity index (χ1) is 10.6. The molecule has 1 aromatic heterocycles. The third-order valence-electron chi connectivity index (χ3n) is 4.63. The first kappa shape index (κ1) is 15.2. The number of aryl methyl sites for hydroxylation is 2. The summed E-state index contributed by atoms with van der Waals surface area (Å²) in [6.45, 7) is 7.40. The summed E-state index contributed by atoms with van der Waals surface area (Å²) < 4.78 is 0. The van der Waals surface area contributed by atoms with Crippen molar-refractivity contribution < 1.29 is 4.79 Å². The zero-order valence-electron chi connectivity index (χ0n) is 13.5. The standard InChI is InChI=1S/C16H25N5O/c1-3-4-13-11-14(20-12(2)19-13)21-9-5-16(6-10-21)15(22)17-7-8-18-16/h11,18H,3-10H2,1-2H3,(H,17,22). The molecule has 0 atom stereocenters. The highest BCUT2D eigenvalue weighted by atomic mass is 16.2. The minimum absolute atomic E-state index is 0.156. The second kappa shape index (κ2) is 6.20. The number of piperidine rings is 1. The summed E-state index contributed by atoms with van der Waals surface area (Å²) in [5.41, 5.74) is 0.738. The lowest BCUT2D eigenvalue weighted by Crippen LogP contribution is -2.66. The lowest BCUT2D eigenvalue weighted by Gasteiger charge is -2.43. The molecule has 3 heterocycles. The van der Waals surface area contributed by atoms with E-state index in [0.29, 0.717) is 0 Å². The fourth-order valence-electron chi connectivity index (χ4n) is 3.41. The van der Waals surface area contributed by atoms with Gasteiger partial charge in [-0.3, -0.25) is 4.79 Å². The van der Waals surface area contributed by atoms with Crippen LogP contribution in [0.1, 0.15) is 37.7 Å². The van der Waals surface area contributed by atoms with Gasteiger partial charge in [0.15, 0.2) is 0 Å². The van der Waals surface area contributed by atoms with Gasteiger partial charge in [-0.25, -0.2) is 9.97 Å². The van der Waals surface area contributed by atoms with Gasteiger partial charge in [-0.15, -0.1) is 0 Å². The average molecular weight is 303 g/mol. The minimum atomic E-state index is -0.372. The normalized spacial score (nSPS) is 21.0. The van der Waals surface area contributed by atoms with Gasteiger partial charge in [0, 0.05) is 37.9 Å². The third-order valence-corrected chi connectivity index (χ3v) is 4.63. The molecule has 2 N–H and O–H groups in total. The maximum atomic E-state index is 12.2. The maximum absolute atomic E-state index is 12.2. The number of aromatic nitrogens is 2. The average Bonchev–Trinajstić information content (AvgIpc) is 2.51. The van der Waals surface area contributed by atoms with E-state index in [2.05, 4.69) is 38.5 Å². The summed E-state index contributed by atoms with van der Waals surface area (Å²) >= 11 is 0. The van der Waals surface area contributed by atoms with Crippen molar-refractivity contribution in [2.45, 2.75) is 45.1 Å². The fourth-order valence-corrected chi connectivity index (χ4v) is 3.41. The highest BCUT2D eigenvalue weighted by molar-refractivity contribution is 5.87. The molecule has 0 bridgehead atoms. The Morgan fingerprint density at radius 1 is 1.27 bits per heavy atom. The number of hydrogen-bond donors (Lipinski definition) is 2. The molecule has 1 amide bonds. The molecule has 6 heteroatoms. The van der Waals surface area contributed by atoms with Gasteiger partial charge >= 0.3 is 0 Å². The molecule has 3 rings (SSSR count). The number of nitrogens with one attached hydrogen (secondary N) is 2. The summed E-state index contributed by atoms with van der Waals surface area (Å²) in [6, 6.07) is 2.10. The van der Waals surface area contributed by atoms with Crippen molar-refractivity contribution in [3.05, 3.63) is 17.6 Å². The molecule has 1 aromatic rings. The van der Waals surface area contributed by atoms with E-state index >= 15 is 0 Å². The maximum Gasteiger partial charge on any atom is 0.240 e. The Labute approximate surface area is 131 Å². The van der Waals surface area contributed by atoms with Crippen LogP contribution in [0.15, 0.2) is 6.07 Å². The smallest absolute Gasteiger partial charge is 0.240 e. The van der Waals surface area contributed by atoms with Gasteiger partial charge in [0.25, 0.3) is 0 Å². The lowest BCUT2D eigenvalue weighted by molar-refractivity contribution is -0.130. The quantitative estimate of drug-likeness (QED) is 0.864. The number of carbonyl (C=O) groups is 1. The van der Waals surface area contributed by atoms with E-state index in [9.17, 15) is 4.79 Å². The first-order valence-corrected chi connectivity index (χ1v) is 8.26. The van der Waals surface area contributed by atoms with Crippen molar-refractivity contribution in [2.75, 3.05) is 31.1 Å². The Morgan fingerprint density at radius 3 is 2.73 bits per heavy atom. The van der Waals surface area contributed by atoms with E-state index in [1.807, 2.05) is 6.92 Å². The van der Waals surface area contributed by atoms with Gasteiger partial charge in [-0.05, 0) is 26.2 Å². The fraction of sp³-hybridized carbons (Fsp3) is 0.688. The molecule has 2 aliphatic heterocycles. The number of carbonyl (C=O) groups excluding carboxylic acids is 1. The first-order valence-electron chi connectivity index (χ1n) is 8.26. The molecule has 2 fully saturated rings. The van der Waals surface area contributed by atoms with Crippen LogP contribution in [-0.4, -0.2) is 47.6 Å². The van der Waals surface area contributed by atoms with Gasteiger partial charge in [0.1, 0.15) is 17.2 Å². The third kappa shape index (κ3) is 2.92. The molecule has 6 nitrogen and oxygen atoms in total. The molecular weight excluding hydrogens is 278 g/mol. The largest absolute Gasteiger partial charge is 0.356 e. The van der Waals surface area contributed by atoms with Crippen molar-refractivity contribution in [2.24, 2.45) is 0 Å². The van der Waals surface area contributed by atoms with E-state index < -0.39 is 0 Å². The van der Waals surface area contributed by atoms with Gasteiger partial charge in [0.2, 0.25) is 5.91 Å². The SMILES string of the molecule is CCCc1cc(N2CCC3(CC2)NCCNC3=O)nc(C)n1. The van der Waals surface area contributed by atoms with Crippen LogP contribution >= 0.6 is 0 Å². The Balaban J connectivity index is 1.72. The Bertz CT molecular complexity index is 551. The second-order valence-corrected chi connectivity index (χ2v) is 6.27. The molecule has 2 saturated heterocycles. The number of amides is 1. The monoisotopic (exact) mass is 303 g/mol. The van der Waals surface area contributed by atoms with Crippen LogP contribution in [0.3, 0.4) is 0 Å². The van der Waals surface area contributed by atoms with E-state index in [1.165, 1.54) is 0 Å². The molecule has 1 spiro atoms. The Kier molecular flexibility index (Phi) is 4.29. The molecule has 0 unspecified atom stereocenters. The molecule has 0 aliphatic carbocycles. The summed E-state index contributed by atoms with van der Waals surface area (Å²) in [5.74, 6) is 1.99.